The molecular weight excluding hydrogens is 316 g/mol. The van der Waals surface area contributed by atoms with Crippen molar-refractivity contribution in [3.05, 3.63) is 52.8 Å². The highest BCUT2D eigenvalue weighted by Crippen LogP contribution is 2.18. The topological polar surface area (TPSA) is 79.2 Å². The van der Waals surface area contributed by atoms with E-state index in [0.717, 1.165) is 6.42 Å². The molecule has 0 aliphatic rings. The molecule has 6 nitrogen and oxygen atoms in total. The minimum atomic E-state index is -1.16. The van der Waals surface area contributed by atoms with Crippen molar-refractivity contribution in [2.45, 2.75) is 45.8 Å². The number of carbonyl (C=O) groups excluding carboxylic acids is 1. The largest absolute Gasteiger partial charge is 0.383 e. The maximum atomic E-state index is 12.1. The molecule has 6 heteroatoms. The van der Waals surface area contributed by atoms with E-state index in [1.54, 1.807) is 31.0 Å². The molecule has 2 atom stereocenters. The molecule has 1 aromatic carbocycles. The molecule has 0 radical (unpaired) electrons. The van der Waals surface area contributed by atoms with Crippen LogP contribution in [0, 0.1) is 13.8 Å². The highest BCUT2D eigenvalue weighted by Gasteiger charge is 2.25. The Morgan fingerprint density at radius 1 is 1.32 bits per heavy atom. The summed E-state index contributed by atoms with van der Waals surface area (Å²) in [6.07, 6.45) is 4.10. The Hall–Kier alpha value is -2.34. The van der Waals surface area contributed by atoms with Crippen LogP contribution in [-0.4, -0.2) is 33.5 Å². The van der Waals surface area contributed by atoms with Crippen molar-refractivity contribution >= 4 is 6.03 Å². The zero-order valence-corrected chi connectivity index (χ0v) is 15.6. The first-order chi connectivity index (χ1) is 11.7. The lowest BCUT2D eigenvalue weighted by Crippen LogP contribution is -2.46. The van der Waals surface area contributed by atoms with E-state index in [2.05, 4.69) is 47.8 Å². The number of aliphatic hydroxyl groups is 1. The first-order valence-corrected chi connectivity index (χ1v) is 8.49. The Bertz CT molecular complexity index is 717. The van der Waals surface area contributed by atoms with E-state index in [1.807, 2.05) is 6.92 Å². The number of hydrogen-bond acceptors (Lipinski definition) is 3. The van der Waals surface area contributed by atoms with E-state index in [1.165, 1.54) is 16.7 Å². The van der Waals surface area contributed by atoms with E-state index < -0.39 is 5.60 Å². The summed E-state index contributed by atoms with van der Waals surface area (Å²) >= 11 is 0. The predicted molar refractivity (Wildman–Crippen MR) is 98.4 cm³/mol. The van der Waals surface area contributed by atoms with Crippen molar-refractivity contribution in [1.29, 1.82) is 0 Å². The van der Waals surface area contributed by atoms with Gasteiger partial charge in [0.25, 0.3) is 0 Å². The maximum absolute atomic E-state index is 12.1. The van der Waals surface area contributed by atoms with Gasteiger partial charge in [-0.2, -0.15) is 5.10 Å². The Morgan fingerprint density at radius 3 is 2.52 bits per heavy atom. The summed E-state index contributed by atoms with van der Waals surface area (Å²) in [6, 6.07) is 6.10. The van der Waals surface area contributed by atoms with Crippen LogP contribution in [0.4, 0.5) is 4.79 Å². The zero-order chi connectivity index (χ0) is 18.6. The molecule has 0 saturated carbocycles. The van der Waals surface area contributed by atoms with Gasteiger partial charge in [-0.05, 0) is 39.7 Å². The van der Waals surface area contributed by atoms with Gasteiger partial charge in [0.05, 0.1) is 12.7 Å². The third kappa shape index (κ3) is 5.60. The number of urea groups is 1. The number of nitrogens with one attached hydrogen (secondary N) is 2. The molecule has 2 rings (SSSR count). The molecule has 2 aromatic rings. The minimum Gasteiger partial charge on any atom is -0.383 e. The molecule has 3 N–H and O–H groups in total. The molecule has 0 bridgehead atoms. The van der Waals surface area contributed by atoms with Crippen LogP contribution >= 0.6 is 0 Å². The van der Waals surface area contributed by atoms with Crippen molar-refractivity contribution in [3.8, 4) is 0 Å². The average Bonchev–Trinajstić information content (AvgIpc) is 2.91. The highest BCUT2D eigenvalue weighted by atomic mass is 16.3. The number of aryl methyl sites for hydroxylation is 3. The number of rotatable bonds is 6. The van der Waals surface area contributed by atoms with E-state index in [-0.39, 0.29) is 18.6 Å². The smallest absolute Gasteiger partial charge is 0.315 e. The number of carbonyl (C=O) groups is 1. The van der Waals surface area contributed by atoms with Crippen LogP contribution in [-0.2, 0) is 19.1 Å². The molecule has 0 spiro atoms. The summed E-state index contributed by atoms with van der Waals surface area (Å²) in [4.78, 5) is 12.1. The zero-order valence-electron chi connectivity index (χ0n) is 15.6. The van der Waals surface area contributed by atoms with E-state index >= 15 is 0 Å². The number of aromatic nitrogens is 2. The van der Waals surface area contributed by atoms with Crippen LogP contribution in [0.15, 0.2) is 30.6 Å². The van der Waals surface area contributed by atoms with E-state index in [9.17, 15) is 9.90 Å². The summed E-state index contributed by atoms with van der Waals surface area (Å²) in [5.74, 6) is 0. The lowest BCUT2D eigenvalue weighted by Gasteiger charge is -2.23. The third-order valence-electron chi connectivity index (χ3n) is 4.12. The van der Waals surface area contributed by atoms with Crippen LogP contribution in [0.3, 0.4) is 0 Å². The Kier molecular flexibility index (Phi) is 5.85. The van der Waals surface area contributed by atoms with Crippen molar-refractivity contribution < 1.29 is 9.90 Å². The Labute approximate surface area is 149 Å². The fourth-order valence-electron chi connectivity index (χ4n) is 2.92. The second-order valence-electron chi connectivity index (χ2n) is 7.10. The normalized spacial score (nSPS) is 14.6. The van der Waals surface area contributed by atoms with Crippen LogP contribution < -0.4 is 10.6 Å². The first-order valence-electron chi connectivity index (χ1n) is 8.49. The fraction of sp³-hybridized carbons (Fsp3) is 0.474. The Morgan fingerprint density at radius 2 is 1.96 bits per heavy atom. The number of amides is 2. The minimum absolute atomic E-state index is 0.00968. The molecular formula is C19H28N4O2. The van der Waals surface area contributed by atoms with Gasteiger partial charge in [-0.25, -0.2) is 4.79 Å². The molecule has 0 saturated heterocycles. The van der Waals surface area contributed by atoms with Gasteiger partial charge in [0.15, 0.2) is 0 Å². The molecule has 0 aliphatic heterocycles. The number of benzene rings is 1. The average molecular weight is 344 g/mol. The highest BCUT2D eigenvalue weighted by molar-refractivity contribution is 5.74. The van der Waals surface area contributed by atoms with Gasteiger partial charge in [-0.1, -0.05) is 29.3 Å². The summed E-state index contributed by atoms with van der Waals surface area (Å²) < 4.78 is 1.62. The number of hydrogen-bond donors (Lipinski definition) is 3. The Balaban J connectivity index is 1.85. The summed E-state index contributed by atoms with van der Waals surface area (Å²) in [5.41, 5.74) is 3.15. The second-order valence-corrected chi connectivity index (χ2v) is 7.10. The molecule has 0 aliphatic carbocycles. The van der Waals surface area contributed by atoms with E-state index in [0.29, 0.717) is 5.56 Å². The first kappa shape index (κ1) is 19.0. The lowest BCUT2D eigenvalue weighted by atomic mass is 10.00. The van der Waals surface area contributed by atoms with Crippen LogP contribution in [0.25, 0.3) is 0 Å². The summed E-state index contributed by atoms with van der Waals surface area (Å²) in [5, 5.41) is 20.2. The maximum Gasteiger partial charge on any atom is 0.315 e. The van der Waals surface area contributed by atoms with Crippen LogP contribution in [0.2, 0.25) is 0 Å². The van der Waals surface area contributed by atoms with Gasteiger partial charge in [0.1, 0.15) is 5.60 Å². The van der Waals surface area contributed by atoms with Gasteiger partial charge in [0.2, 0.25) is 0 Å². The van der Waals surface area contributed by atoms with Crippen molar-refractivity contribution in [2.24, 2.45) is 7.05 Å². The number of nitrogens with zero attached hydrogens (tertiary/aromatic N) is 2. The predicted octanol–water partition coefficient (Wildman–Crippen LogP) is 2.17. The molecule has 136 valence electrons. The third-order valence-corrected chi connectivity index (χ3v) is 4.12. The monoisotopic (exact) mass is 344 g/mol. The molecule has 25 heavy (non-hydrogen) atoms. The fourth-order valence-corrected chi connectivity index (χ4v) is 2.92. The van der Waals surface area contributed by atoms with E-state index in [4.69, 9.17) is 0 Å². The van der Waals surface area contributed by atoms with Crippen LogP contribution in [0.1, 0.15) is 36.1 Å². The molecule has 0 fully saturated rings. The van der Waals surface area contributed by atoms with Crippen molar-refractivity contribution in [2.75, 3.05) is 6.54 Å². The SMILES string of the molecule is Cc1cc(C)cc(C[C@@H](C)NC(=O)NC[C@@](C)(O)c2cnn(C)c2)c1. The summed E-state index contributed by atoms with van der Waals surface area (Å²) in [7, 11) is 1.79. The standard InChI is InChI=1S/C19H28N4O2/c1-13-6-14(2)8-16(7-13)9-15(3)22-18(24)20-12-19(4,25)17-10-21-23(5)11-17/h6-8,10-11,15,25H,9,12H2,1-5H3,(H2,20,22,24)/t15-,19-/m1/s1. The van der Waals surface area contributed by atoms with Crippen molar-refractivity contribution in [3.63, 3.8) is 0 Å². The van der Waals surface area contributed by atoms with Crippen LogP contribution in [0.5, 0.6) is 0 Å². The lowest BCUT2D eigenvalue weighted by molar-refractivity contribution is 0.0592. The van der Waals surface area contributed by atoms with Gasteiger partial charge in [-0.3, -0.25) is 4.68 Å². The molecule has 1 heterocycles. The van der Waals surface area contributed by atoms with Crippen molar-refractivity contribution in [1.82, 2.24) is 20.4 Å². The van der Waals surface area contributed by atoms with Gasteiger partial charge in [0, 0.05) is 24.8 Å². The van der Waals surface area contributed by atoms with Gasteiger partial charge < -0.3 is 15.7 Å². The van der Waals surface area contributed by atoms with Gasteiger partial charge >= 0.3 is 6.03 Å². The van der Waals surface area contributed by atoms with Gasteiger partial charge in [-0.15, -0.1) is 0 Å². The summed E-state index contributed by atoms with van der Waals surface area (Å²) in [6.45, 7) is 7.88. The molecule has 1 aromatic heterocycles. The second kappa shape index (κ2) is 7.70. The quantitative estimate of drug-likeness (QED) is 0.751. The molecule has 0 unspecified atom stereocenters. The molecule has 2 amide bonds.